The Hall–Kier alpha value is -2.89. The summed E-state index contributed by atoms with van der Waals surface area (Å²) < 4.78 is 25.1. The van der Waals surface area contributed by atoms with Crippen molar-refractivity contribution in [2.75, 3.05) is 13.2 Å². The number of aryl methyl sites for hydroxylation is 1. The van der Waals surface area contributed by atoms with Crippen LogP contribution in [0, 0.1) is 12.7 Å². The van der Waals surface area contributed by atoms with Crippen LogP contribution in [0.4, 0.5) is 4.39 Å². The smallest absolute Gasteiger partial charge is 0.358 e. The lowest BCUT2D eigenvalue weighted by Crippen LogP contribution is -2.12. The summed E-state index contributed by atoms with van der Waals surface area (Å²) in [5, 5.41) is 0. The molecule has 0 spiro atoms. The second kappa shape index (κ2) is 6.48. The van der Waals surface area contributed by atoms with Crippen LogP contribution in [-0.4, -0.2) is 28.6 Å². The largest absolute Gasteiger partial charge is 0.490 e. The number of halogens is 1. The van der Waals surface area contributed by atoms with Gasteiger partial charge in [0.1, 0.15) is 30.4 Å². The van der Waals surface area contributed by atoms with E-state index in [9.17, 15) is 9.18 Å². The van der Waals surface area contributed by atoms with Gasteiger partial charge in [0.25, 0.3) is 0 Å². The number of nitrogens with zero attached hydrogens (tertiary/aromatic N) is 2. The fraction of sp³-hybridized carbons (Fsp3) is 0.176. The summed E-state index contributed by atoms with van der Waals surface area (Å²) in [6, 6.07) is 11.3. The lowest BCUT2D eigenvalue weighted by atomic mass is 10.3. The summed E-state index contributed by atoms with van der Waals surface area (Å²) in [5.74, 6) is -0.312. The van der Waals surface area contributed by atoms with Gasteiger partial charge in [0, 0.05) is 11.9 Å². The van der Waals surface area contributed by atoms with E-state index in [1.165, 1.54) is 24.3 Å². The zero-order valence-corrected chi connectivity index (χ0v) is 12.5. The number of hydrogen-bond acceptors (Lipinski definition) is 4. The first-order valence-electron chi connectivity index (χ1n) is 7.14. The fourth-order valence-electron chi connectivity index (χ4n) is 2.15. The summed E-state index contributed by atoms with van der Waals surface area (Å²) in [5.41, 5.74) is 1.93. The lowest BCUT2D eigenvalue weighted by molar-refractivity contribution is 0.0444. The van der Waals surface area contributed by atoms with Crippen LogP contribution in [0.2, 0.25) is 0 Å². The molecule has 0 amide bonds. The van der Waals surface area contributed by atoms with E-state index >= 15 is 0 Å². The summed E-state index contributed by atoms with van der Waals surface area (Å²) in [6.45, 7) is 2.20. The van der Waals surface area contributed by atoms with Crippen LogP contribution in [0.25, 0.3) is 5.65 Å². The van der Waals surface area contributed by atoms with Crippen LogP contribution in [0.1, 0.15) is 16.2 Å². The highest BCUT2D eigenvalue weighted by atomic mass is 19.1. The van der Waals surface area contributed by atoms with Crippen molar-refractivity contribution < 1.29 is 18.7 Å². The minimum Gasteiger partial charge on any atom is -0.490 e. The number of aromatic nitrogens is 2. The molecule has 0 radical (unpaired) electrons. The molecule has 3 rings (SSSR count). The Kier molecular flexibility index (Phi) is 4.23. The zero-order valence-electron chi connectivity index (χ0n) is 12.5. The molecule has 3 aromatic rings. The minimum atomic E-state index is -0.504. The first-order valence-corrected chi connectivity index (χ1v) is 7.14. The minimum absolute atomic E-state index is 0.0864. The molecule has 0 saturated heterocycles. The first-order chi connectivity index (χ1) is 11.1. The number of carbonyl (C=O) groups is 1. The van der Waals surface area contributed by atoms with E-state index in [0.29, 0.717) is 11.4 Å². The van der Waals surface area contributed by atoms with Gasteiger partial charge in [-0.2, -0.15) is 0 Å². The number of rotatable bonds is 5. The summed E-state index contributed by atoms with van der Waals surface area (Å²) >= 11 is 0. The molecule has 0 unspecified atom stereocenters. The predicted molar refractivity (Wildman–Crippen MR) is 82.1 cm³/mol. The molecular formula is C17H15FN2O3. The Bertz CT molecular complexity index is 827. The Morgan fingerprint density at radius 1 is 1.17 bits per heavy atom. The van der Waals surface area contributed by atoms with Gasteiger partial charge in [0.2, 0.25) is 0 Å². The standard InChI is InChI=1S/C17H15FN2O3/c1-12-3-2-4-16-19-15(11-20(12)16)17(21)23-10-9-22-14-7-5-13(18)6-8-14/h2-8,11H,9-10H2,1H3. The van der Waals surface area contributed by atoms with Crippen LogP contribution in [0.5, 0.6) is 5.75 Å². The van der Waals surface area contributed by atoms with Crippen molar-refractivity contribution in [2.24, 2.45) is 0 Å². The maximum absolute atomic E-state index is 12.8. The third kappa shape index (κ3) is 3.48. The molecule has 0 atom stereocenters. The Morgan fingerprint density at radius 3 is 2.70 bits per heavy atom. The quantitative estimate of drug-likeness (QED) is 0.536. The van der Waals surface area contributed by atoms with Gasteiger partial charge in [-0.05, 0) is 43.3 Å². The predicted octanol–water partition coefficient (Wildman–Crippen LogP) is 3.02. The number of fused-ring (bicyclic) bond motifs is 1. The number of esters is 1. The van der Waals surface area contributed by atoms with Crippen molar-refractivity contribution >= 4 is 11.6 Å². The molecule has 6 heteroatoms. The topological polar surface area (TPSA) is 52.8 Å². The summed E-state index contributed by atoms with van der Waals surface area (Å²) in [4.78, 5) is 16.2. The van der Waals surface area contributed by atoms with E-state index in [1.807, 2.05) is 29.5 Å². The molecule has 2 heterocycles. The molecule has 0 bridgehead atoms. The number of ether oxygens (including phenoxy) is 2. The highest BCUT2D eigenvalue weighted by molar-refractivity contribution is 5.88. The van der Waals surface area contributed by atoms with Crippen LogP contribution in [0.3, 0.4) is 0 Å². The third-order valence-electron chi connectivity index (χ3n) is 3.30. The second-order valence-electron chi connectivity index (χ2n) is 4.96. The van der Waals surface area contributed by atoms with Crippen LogP contribution in [0.15, 0.2) is 48.7 Å². The molecule has 0 aliphatic rings. The van der Waals surface area contributed by atoms with E-state index in [-0.39, 0.29) is 24.7 Å². The molecule has 0 fully saturated rings. The number of carbonyl (C=O) groups excluding carboxylic acids is 1. The number of benzene rings is 1. The zero-order chi connectivity index (χ0) is 16.2. The first kappa shape index (κ1) is 15.0. The molecule has 2 aromatic heterocycles. The van der Waals surface area contributed by atoms with Crippen molar-refractivity contribution in [2.45, 2.75) is 6.92 Å². The summed E-state index contributed by atoms with van der Waals surface area (Å²) in [6.07, 6.45) is 1.65. The van der Waals surface area contributed by atoms with Crippen molar-refractivity contribution in [1.82, 2.24) is 9.38 Å². The molecule has 23 heavy (non-hydrogen) atoms. The fourth-order valence-corrected chi connectivity index (χ4v) is 2.15. The molecular weight excluding hydrogens is 299 g/mol. The molecule has 0 saturated carbocycles. The van der Waals surface area contributed by atoms with Gasteiger partial charge in [-0.25, -0.2) is 14.2 Å². The van der Waals surface area contributed by atoms with Crippen LogP contribution >= 0.6 is 0 Å². The highest BCUT2D eigenvalue weighted by Crippen LogP contribution is 2.11. The van der Waals surface area contributed by atoms with Gasteiger partial charge in [-0.3, -0.25) is 0 Å². The monoisotopic (exact) mass is 314 g/mol. The van der Waals surface area contributed by atoms with E-state index < -0.39 is 5.97 Å². The molecule has 1 aromatic carbocycles. The number of hydrogen-bond donors (Lipinski definition) is 0. The normalized spacial score (nSPS) is 10.7. The Labute approximate surface area is 132 Å². The second-order valence-corrected chi connectivity index (χ2v) is 4.96. The Morgan fingerprint density at radius 2 is 1.96 bits per heavy atom. The van der Waals surface area contributed by atoms with E-state index in [2.05, 4.69) is 4.98 Å². The average molecular weight is 314 g/mol. The molecule has 0 N–H and O–H groups in total. The van der Waals surface area contributed by atoms with Gasteiger partial charge in [0.05, 0.1) is 0 Å². The number of pyridine rings is 1. The van der Waals surface area contributed by atoms with Crippen LogP contribution < -0.4 is 4.74 Å². The van der Waals surface area contributed by atoms with Crippen molar-refractivity contribution in [3.8, 4) is 5.75 Å². The van der Waals surface area contributed by atoms with Gasteiger partial charge >= 0.3 is 5.97 Å². The average Bonchev–Trinajstić information content (AvgIpc) is 2.99. The summed E-state index contributed by atoms with van der Waals surface area (Å²) in [7, 11) is 0. The molecule has 0 aliphatic heterocycles. The molecule has 118 valence electrons. The maximum atomic E-state index is 12.8. The van der Waals surface area contributed by atoms with Gasteiger partial charge in [-0.1, -0.05) is 6.07 Å². The number of imidazole rings is 1. The van der Waals surface area contributed by atoms with Crippen molar-refractivity contribution in [1.29, 1.82) is 0 Å². The SMILES string of the molecule is Cc1cccc2nc(C(=O)OCCOc3ccc(F)cc3)cn12. The van der Waals surface area contributed by atoms with Crippen molar-refractivity contribution in [3.63, 3.8) is 0 Å². The third-order valence-corrected chi connectivity index (χ3v) is 3.30. The van der Waals surface area contributed by atoms with Gasteiger partial charge < -0.3 is 13.9 Å². The van der Waals surface area contributed by atoms with Crippen LogP contribution in [-0.2, 0) is 4.74 Å². The maximum Gasteiger partial charge on any atom is 0.358 e. The van der Waals surface area contributed by atoms with E-state index in [1.54, 1.807) is 6.20 Å². The molecule has 5 nitrogen and oxygen atoms in total. The van der Waals surface area contributed by atoms with E-state index in [4.69, 9.17) is 9.47 Å². The van der Waals surface area contributed by atoms with E-state index in [0.717, 1.165) is 5.69 Å². The van der Waals surface area contributed by atoms with Crippen molar-refractivity contribution in [3.05, 3.63) is 65.9 Å². The lowest BCUT2D eigenvalue weighted by Gasteiger charge is -2.06. The molecule has 0 aliphatic carbocycles. The van der Waals surface area contributed by atoms with Gasteiger partial charge in [-0.15, -0.1) is 0 Å². The van der Waals surface area contributed by atoms with Gasteiger partial charge in [0.15, 0.2) is 5.69 Å². The highest BCUT2D eigenvalue weighted by Gasteiger charge is 2.12. The Balaban J connectivity index is 1.54.